The second-order valence-corrected chi connectivity index (χ2v) is 6.31. The van der Waals surface area contributed by atoms with Crippen molar-refractivity contribution in [1.82, 2.24) is 19.6 Å². The lowest BCUT2D eigenvalue weighted by Crippen LogP contribution is -2.04. The maximum absolute atomic E-state index is 4.55. The van der Waals surface area contributed by atoms with E-state index < -0.39 is 0 Å². The number of nitrogens with zero attached hydrogens (tertiary/aromatic N) is 4. The van der Waals surface area contributed by atoms with E-state index in [4.69, 9.17) is 0 Å². The molecule has 1 aliphatic carbocycles. The first-order chi connectivity index (χ1) is 10.1. The number of anilines is 1. The summed E-state index contributed by atoms with van der Waals surface area (Å²) in [6.45, 7) is 7.16. The van der Waals surface area contributed by atoms with Gasteiger partial charge in [0.05, 0.1) is 23.6 Å². The number of rotatable bonds is 5. The van der Waals surface area contributed by atoms with Crippen LogP contribution in [-0.2, 0) is 6.54 Å². The molecule has 114 valence electrons. The average Bonchev–Trinajstić information content (AvgIpc) is 3.17. The van der Waals surface area contributed by atoms with Gasteiger partial charge in [0, 0.05) is 30.5 Å². The van der Waals surface area contributed by atoms with Crippen molar-refractivity contribution in [3.8, 4) is 0 Å². The van der Waals surface area contributed by atoms with Gasteiger partial charge in [0.15, 0.2) is 0 Å². The Hall–Kier alpha value is -1.78. The topological polar surface area (TPSA) is 47.7 Å². The van der Waals surface area contributed by atoms with Gasteiger partial charge in [-0.3, -0.25) is 9.36 Å². The molecule has 2 heterocycles. The largest absolute Gasteiger partial charge is 0.378 e. The van der Waals surface area contributed by atoms with E-state index in [9.17, 15) is 0 Å². The molecule has 0 radical (unpaired) electrons. The predicted octanol–water partition coefficient (Wildman–Crippen LogP) is 3.70. The average molecular weight is 287 g/mol. The first-order valence-electron chi connectivity index (χ1n) is 7.96. The summed E-state index contributed by atoms with van der Waals surface area (Å²) in [5.41, 5.74) is 3.44. The standard InChI is InChI=1S/C16H25N5/c1-12(2)20-10-14(13(3)19-20)8-17-15-9-18-21(11-15)16-6-4-5-7-16/h9-12,16-17H,4-8H2,1-3H3. The zero-order valence-electron chi connectivity index (χ0n) is 13.2. The van der Waals surface area contributed by atoms with Crippen LogP contribution in [0.25, 0.3) is 0 Å². The molecule has 1 fully saturated rings. The predicted molar refractivity (Wildman–Crippen MR) is 84.4 cm³/mol. The molecule has 1 saturated carbocycles. The van der Waals surface area contributed by atoms with Crippen molar-refractivity contribution in [2.75, 3.05) is 5.32 Å². The van der Waals surface area contributed by atoms with Crippen LogP contribution in [0.1, 0.15) is 62.9 Å². The van der Waals surface area contributed by atoms with E-state index >= 15 is 0 Å². The molecule has 0 saturated heterocycles. The van der Waals surface area contributed by atoms with Crippen LogP contribution in [0.15, 0.2) is 18.6 Å². The molecule has 5 heteroatoms. The molecule has 1 aliphatic rings. The molecule has 2 aromatic heterocycles. The maximum Gasteiger partial charge on any atom is 0.0729 e. The summed E-state index contributed by atoms with van der Waals surface area (Å²) >= 11 is 0. The van der Waals surface area contributed by atoms with Crippen LogP contribution in [0.5, 0.6) is 0 Å². The smallest absolute Gasteiger partial charge is 0.0729 e. The first kappa shape index (κ1) is 14.2. The van der Waals surface area contributed by atoms with Crippen LogP contribution in [0.3, 0.4) is 0 Å². The Kier molecular flexibility index (Phi) is 3.99. The Balaban J connectivity index is 1.62. The Morgan fingerprint density at radius 2 is 2.05 bits per heavy atom. The minimum Gasteiger partial charge on any atom is -0.378 e. The van der Waals surface area contributed by atoms with Crippen molar-refractivity contribution < 1.29 is 0 Å². The molecule has 0 amide bonds. The van der Waals surface area contributed by atoms with Gasteiger partial charge >= 0.3 is 0 Å². The minimum atomic E-state index is 0.405. The molecule has 1 N–H and O–H groups in total. The Morgan fingerprint density at radius 3 is 2.71 bits per heavy atom. The van der Waals surface area contributed by atoms with Crippen LogP contribution >= 0.6 is 0 Å². The van der Waals surface area contributed by atoms with Gasteiger partial charge in [0.1, 0.15) is 0 Å². The Morgan fingerprint density at radius 1 is 1.29 bits per heavy atom. The third-order valence-electron chi connectivity index (χ3n) is 4.33. The monoisotopic (exact) mass is 287 g/mol. The third-order valence-corrected chi connectivity index (χ3v) is 4.33. The fourth-order valence-corrected chi connectivity index (χ4v) is 2.95. The Bertz CT molecular complexity index is 590. The molecule has 0 aromatic carbocycles. The highest BCUT2D eigenvalue weighted by Crippen LogP contribution is 2.29. The second kappa shape index (κ2) is 5.92. The van der Waals surface area contributed by atoms with Crippen LogP contribution in [0.4, 0.5) is 5.69 Å². The highest BCUT2D eigenvalue weighted by Gasteiger charge is 2.17. The zero-order chi connectivity index (χ0) is 14.8. The molecule has 0 unspecified atom stereocenters. The fraction of sp³-hybridized carbons (Fsp3) is 0.625. The highest BCUT2D eigenvalue weighted by molar-refractivity contribution is 5.39. The van der Waals surface area contributed by atoms with Gasteiger partial charge in [-0.2, -0.15) is 10.2 Å². The van der Waals surface area contributed by atoms with Crippen LogP contribution in [-0.4, -0.2) is 19.6 Å². The number of aryl methyl sites for hydroxylation is 1. The molecule has 0 bridgehead atoms. The Labute approximate surface area is 126 Å². The fourth-order valence-electron chi connectivity index (χ4n) is 2.95. The van der Waals surface area contributed by atoms with Crippen molar-refractivity contribution in [2.24, 2.45) is 0 Å². The SMILES string of the molecule is Cc1nn(C(C)C)cc1CNc1cnn(C2CCCC2)c1. The summed E-state index contributed by atoms with van der Waals surface area (Å²) in [5.74, 6) is 0. The minimum absolute atomic E-state index is 0.405. The third kappa shape index (κ3) is 3.12. The number of nitrogens with one attached hydrogen (secondary N) is 1. The van der Waals surface area contributed by atoms with Gasteiger partial charge in [-0.25, -0.2) is 0 Å². The lowest BCUT2D eigenvalue weighted by molar-refractivity contribution is 0.467. The molecule has 21 heavy (non-hydrogen) atoms. The van der Waals surface area contributed by atoms with Crippen molar-refractivity contribution in [1.29, 1.82) is 0 Å². The molecule has 0 aliphatic heterocycles. The molecule has 3 rings (SSSR count). The second-order valence-electron chi connectivity index (χ2n) is 6.31. The summed E-state index contributed by atoms with van der Waals surface area (Å²) in [6, 6.07) is 1.01. The van der Waals surface area contributed by atoms with Gasteiger partial charge in [-0.15, -0.1) is 0 Å². The number of hydrogen-bond donors (Lipinski definition) is 1. The summed E-state index contributed by atoms with van der Waals surface area (Å²) < 4.78 is 4.15. The van der Waals surface area contributed by atoms with E-state index in [-0.39, 0.29) is 0 Å². The molecule has 2 aromatic rings. The van der Waals surface area contributed by atoms with E-state index in [1.165, 1.54) is 31.2 Å². The summed E-state index contributed by atoms with van der Waals surface area (Å²) in [6.07, 6.45) is 11.4. The lowest BCUT2D eigenvalue weighted by atomic mass is 10.2. The van der Waals surface area contributed by atoms with E-state index in [0.717, 1.165) is 17.9 Å². The van der Waals surface area contributed by atoms with Crippen molar-refractivity contribution >= 4 is 5.69 Å². The molecule has 0 spiro atoms. The van der Waals surface area contributed by atoms with Crippen LogP contribution in [0, 0.1) is 6.92 Å². The van der Waals surface area contributed by atoms with Gasteiger partial charge in [-0.05, 0) is 33.6 Å². The van der Waals surface area contributed by atoms with Gasteiger partial charge in [0.2, 0.25) is 0 Å². The lowest BCUT2D eigenvalue weighted by Gasteiger charge is -2.08. The van der Waals surface area contributed by atoms with Crippen molar-refractivity contribution in [3.63, 3.8) is 0 Å². The van der Waals surface area contributed by atoms with Gasteiger partial charge < -0.3 is 5.32 Å². The number of aromatic nitrogens is 4. The van der Waals surface area contributed by atoms with Crippen molar-refractivity contribution in [3.05, 3.63) is 29.8 Å². The normalized spacial score (nSPS) is 16.0. The molecule has 5 nitrogen and oxygen atoms in total. The van der Waals surface area contributed by atoms with Crippen LogP contribution < -0.4 is 5.32 Å². The summed E-state index contributed by atoms with van der Waals surface area (Å²) in [5, 5.41) is 12.5. The highest BCUT2D eigenvalue weighted by atomic mass is 15.3. The van der Waals surface area contributed by atoms with E-state index in [1.807, 2.05) is 10.9 Å². The first-order valence-corrected chi connectivity index (χ1v) is 7.96. The van der Waals surface area contributed by atoms with E-state index in [1.54, 1.807) is 0 Å². The molecular weight excluding hydrogens is 262 g/mol. The molecular formula is C16H25N5. The zero-order valence-corrected chi connectivity index (χ0v) is 13.2. The van der Waals surface area contributed by atoms with Gasteiger partial charge in [-0.1, -0.05) is 12.8 Å². The van der Waals surface area contributed by atoms with Crippen molar-refractivity contribution in [2.45, 2.75) is 65.1 Å². The van der Waals surface area contributed by atoms with Crippen LogP contribution in [0.2, 0.25) is 0 Å². The summed E-state index contributed by atoms with van der Waals surface area (Å²) in [4.78, 5) is 0. The summed E-state index contributed by atoms with van der Waals surface area (Å²) in [7, 11) is 0. The van der Waals surface area contributed by atoms with E-state index in [2.05, 4.69) is 53.4 Å². The maximum atomic E-state index is 4.55. The number of hydrogen-bond acceptors (Lipinski definition) is 3. The van der Waals surface area contributed by atoms with Gasteiger partial charge in [0.25, 0.3) is 0 Å². The molecule has 0 atom stereocenters. The van der Waals surface area contributed by atoms with E-state index in [0.29, 0.717) is 12.1 Å². The quantitative estimate of drug-likeness (QED) is 0.912.